The number of hydrogen-bond acceptors (Lipinski definition) is 4. The molecule has 0 saturated heterocycles. The van der Waals surface area contributed by atoms with E-state index in [0.29, 0.717) is 11.1 Å². The molecule has 0 heterocycles. The van der Waals surface area contributed by atoms with E-state index in [0.717, 1.165) is 6.07 Å². The Morgan fingerprint density at radius 1 is 1.20 bits per heavy atom. The van der Waals surface area contributed by atoms with E-state index in [1.807, 2.05) is 0 Å². The lowest BCUT2D eigenvalue weighted by Gasteiger charge is -2.05. The predicted molar refractivity (Wildman–Crippen MR) is 59.8 cm³/mol. The highest BCUT2D eigenvalue weighted by Gasteiger charge is 2.21. The summed E-state index contributed by atoms with van der Waals surface area (Å²) in [5.74, 6) is 0. The molecule has 1 aromatic carbocycles. The topological polar surface area (TPSA) is 88.5 Å². The summed E-state index contributed by atoms with van der Waals surface area (Å²) >= 11 is -3.94. The number of benzene rings is 1. The standard InChI is InChI=1S/C8H9IO5S/c1-5-3-6(2)8(9(10)11)7(4-5)15(12,13)14/h3-4H,1-2H3,(H,12,13,14). The molecule has 5 nitrogen and oxygen atoms in total. The second-order valence-corrected chi connectivity index (χ2v) is 6.80. The summed E-state index contributed by atoms with van der Waals surface area (Å²) in [6.07, 6.45) is 0. The van der Waals surface area contributed by atoms with Gasteiger partial charge in [0.25, 0.3) is 10.1 Å². The van der Waals surface area contributed by atoms with Gasteiger partial charge in [-0.2, -0.15) is 8.42 Å². The van der Waals surface area contributed by atoms with Gasteiger partial charge < -0.3 is 0 Å². The smallest absolute Gasteiger partial charge is 0.282 e. The third-order valence-electron chi connectivity index (χ3n) is 1.80. The van der Waals surface area contributed by atoms with Crippen molar-refractivity contribution in [2.75, 3.05) is 0 Å². The van der Waals surface area contributed by atoms with Gasteiger partial charge in [0.05, 0.1) is 0 Å². The first-order valence-corrected chi connectivity index (χ1v) is 8.15. The fraction of sp³-hybridized carbons (Fsp3) is 0.250. The Morgan fingerprint density at radius 3 is 2.13 bits per heavy atom. The maximum absolute atomic E-state index is 11.0. The number of aryl methyl sites for hydroxylation is 2. The van der Waals surface area contributed by atoms with Crippen LogP contribution >= 0.6 is 19.8 Å². The van der Waals surface area contributed by atoms with E-state index >= 15 is 0 Å². The Balaban J connectivity index is 3.78. The summed E-state index contributed by atoms with van der Waals surface area (Å²) in [7, 11) is -4.48. The van der Waals surface area contributed by atoms with Gasteiger partial charge in [0.1, 0.15) is 8.47 Å². The summed E-state index contributed by atoms with van der Waals surface area (Å²) in [4.78, 5) is -0.518. The summed E-state index contributed by atoms with van der Waals surface area (Å²) < 4.78 is 52.5. The highest BCUT2D eigenvalue weighted by atomic mass is 127. The zero-order valence-electron chi connectivity index (χ0n) is 8.02. The minimum atomic E-state index is -4.48. The van der Waals surface area contributed by atoms with Gasteiger partial charge in [0, 0.05) is 0 Å². The average Bonchev–Trinajstić information content (AvgIpc) is 1.99. The van der Waals surface area contributed by atoms with Gasteiger partial charge >= 0.3 is 19.8 Å². The Hall–Kier alpha value is -0.540. The highest BCUT2D eigenvalue weighted by molar-refractivity contribution is 14.2. The van der Waals surface area contributed by atoms with E-state index in [9.17, 15) is 14.6 Å². The van der Waals surface area contributed by atoms with E-state index in [1.54, 1.807) is 13.0 Å². The molecule has 1 N–H and O–H groups in total. The summed E-state index contributed by atoms with van der Waals surface area (Å²) in [6.45, 7) is 3.12. The predicted octanol–water partition coefficient (Wildman–Crippen LogP) is 1.92. The fourth-order valence-corrected chi connectivity index (χ4v) is 4.72. The van der Waals surface area contributed by atoms with E-state index in [-0.39, 0.29) is 3.57 Å². The van der Waals surface area contributed by atoms with Crippen molar-refractivity contribution in [3.63, 3.8) is 0 Å². The molecule has 1 aromatic rings. The first kappa shape index (κ1) is 12.5. The lowest BCUT2D eigenvalue weighted by Crippen LogP contribution is -2.03. The van der Waals surface area contributed by atoms with Crippen LogP contribution in [0.1, 0.15) is 11.1 Å². The minimum absolute atomic E-state index is 0.257. The van der Waals surface area contributed by atoms with Gasteiger partial charge in [-0.05, 0) is 31.0 Å². The van der Waals surface area contributed by atoms with Crippen molar-refractivity contribution < 1.29 is 19.1 Å². The summed E-state index contributed by atoms with van der Waals surface area (Å²) in [5.41, 5.74) is 0.930. The Labute approximate surface area is 94.4 Å². The lowest BCUT2D eigenvalue weighted by atomic mass is 10.2. The maximum atomic E-state index is 11.0. The SMILES string of the molecule is Cc1cc(C)c(I(=O)=O)c(S(=O)(=O)O)c1. The molecule has 0 aliphatic rings. The van der Waals surface area contributed by atoms with E-state index < -0.39 is 34.8 Å². The quantitative estimate of drug-likeness (QED) is 0.654. The molecular formula is C8H9IO5S. The first-order valence-electron chi connectivity index (χ1n) is 3.87. The van der Waals surface area contributed by atoms with E-state index in [4.69, 9.17) is 4.55 Å². The molecule has 0 fully saturated rings. The second-order valence-electron chi connectivity index (χ2n) is 3.09. The van der Waals surface area contributed by atoms with Crippen LogP contribution in [0.5, 0.6) is 0 Å². The Kier molecular flexibility index (Phi) is 3.46. The normalized spacial score (nSPS) is 12.0. The molecule has 0 radical (unpaired) electrons. The zero-order valence-corrected chi connectivity index (χ0v) is 11.0. The van der Waals surface area contributed by atoms with Gasteiger partial charge in [-0.15, -0.1) is 0 Å². The molecule has 0 bridgehead atoms. The monoisotopic (exact) mass is 344 g/mol. The second kappa shape index (κ2) is 4.14. The van der Waals surface area contributed by atoms with Crippen molar-refractivity contribution in [2.45, 2.75) is 18.7 Å². The minimum Gasteiger partial charge on any atom is -0.282 e. The molecule has 0 spiro atoms. The third kappa shape index (κ3) is 2.73. The summed E-state index contributed by atoms with van der Waals surface area (Å²) in [6, 6.07) is 2.71. The molecule has 0 amide bonds. The molecule has 0 unspecified atom stereocenters. The number of rotatable bonds is 2. The van der Waals surface area contributed by atoms with Crippen LogP contribution in [0.15, 0.2) is 17.0 Å². The van der Waals surface area contributed by atoms with Gasteiger partial charge in [-0.1, -0.05) is 6.07 Å². The third-order valence-corrected chi connectivity index (χ3v) is 5.35. The zero-order chi connectivity index (χ0) is 11.8. The van der Waals surface area contributed by atoms with Crippen LogP contribution in [-0.4, -0.2) is 13.0 Å². The van der Waals surface area contributed by atoms with Crippen molar-refractivity contribution in [1.82, 2.24) is 0 Å². The van der Waals surface area contributed by atoms with Gasteiger partial charge in [-0.3, -0.25) is 4.55 Å². The van der Waals surface area contributed by atoms with Crippen LogP contribution in [0.3, 0.4) is 0 Å². The molecule has 84 valence electrons. The first-order chi connectivity index (χ1) is 6.73. The van der Waals surface area contributed by atoms with Crippen LogP contribution in [0, 0.1) is 17.4 Å². The van der Waals surface area contributed by atoms with Gasteiger partial charge in [0.15, 0.2) is 0 Å². The van der Waals surface area contributed by atoms with Gasteiger partial charge in [0.2, 0.25) is 0 Å². The van der Waals surface area contributed by atoms with Crippen LogP contribution < -0.4 is 0 Å². The van der Waals surface area contributed by atoms with Crippen molar-refractivity contribution in [2.24, 2.45) is 0 Å². The largest absolute Gasteiger partial charge is 0.342 e. The van der Waals surface area contributed by atoms with Crippen molar-refractivity contribution in [3.05, 3.63) is 26.8 Å². The van der Waals surface area contributed by atoms with E-state index in [1.165, 1.54) is 6.92 Å². The molecule has 0 saturated carbocycles. The number of halogens is 1. The molecule has 0 aliphatic carbocycles. The van der Waals surface area contributed by atoms with Crippen LogP contribution in [0.25, 0.3) is 0 Å². The van der Waals surface area contributed by atoms with Gasteiger partial charge in [-0.25, -0.2) is 6.14 Å². The fourth-order valence-electron chi connectivity index (χ4n) is 1.30. The maximum Gasteiger partial charge on any atom is 0.342 e. The van der Waals surface area contributed by atoms with Crippen molar-refractivity contribution >= 4 is 29.9 Å². The molecule has 1 rings (SSSR count). The van der Waals surface area contributed by atoms with Crippen LogP contribution in [-0.2, 0) is 16.3 Å². The van der Waals surface area contributed by atoms with Crippen LogP contribution in [0.2, 0.25) is 0 Å². The van der Waals surface area contributed by atoms with E-state index in [2.05, 4.69) is 0 Å². The molecule has 0 atom stereocenters. The molecule has 15 heavy (non-hydrogen) atoms. The van der Waals surface area contributed by atoms with Crippen molar-refractivity contribution in [3.8, 4) is 0 Å². The molecule has 0 aromatic heterocycles. The molecular weight excluding hydrogens is 335 g/mol. The number of hydrogen-bond donors (Lipinski definition) is 1. The molecule has 7 heteroatoms. The molecule has 0 aliphatic heterocycles. The summed E-state index contributed by atoms with van der Waals surface area (Å²) in [5, 5.41) is 0. The van der Waals surface area contributed by atoms with Crippen LogP contribution in [0.4, 0.5) is 0 Å². The highest BCUT2D eigenvalue weighted by Crippen LogP contribution is 2.29. The Morgan fingerprint density at radius 2 is 1.73 bits per heavy atom. The Bertz CT molecular complexity index is 563. The van der Waals surface area contributed by atoms with Crippen molar-refractivity contribution in [1.29, 1.82) is 0 Å². The average molecular weight is 344 g/mol. The lowest BCUT2D eigenvalue weighted by molar-refractivity contribution is 0.482.